The van der Waals surface area contributed by atoms with Gasteiger partial charge in [-0.2, -0.15) is 0 Å². The first kappa shape index (κ1) is 30.5. The van der Waals surface area contributed by atoms with Gasteiger partial charge in [-0.3, -0.25) is 4.90 Å². The first-order valence-corrected chi connectivity index (χ1v) is 16.4. The zero-order valence-electron chi connectivity index (χ0n) is 27.0. The van der Waals surface area contributed by atoms with Crippen molar-refractivity contribution in [3.05, 3.63) is 29.8 Å². The monoisotopic (exact) mass is 611 g/mol. The Balaban J connectivity index is 1.26. The summed E-state index contributed by atoms with van der Waals surface area (Å²) in [5, 5.41) is 13.0. The molecule has 0 amide bonds. The average Bonchev–Trinajstić information content (AvgIpc) is 3.48. The lowest BCUT2D eigenvalue weighted by atomic mass is 9.43. The molecule has 6 aliphatic rings. The van der Waals surface area contributed by atoms with Gasteiger partial charge in [0, 0.05) is 75.0 Å². The fourth-order valence-corrected chi connectivity index (χ4v) is 12.1. The molecule has 1 aromatic rings. The second kappa shape index (κ2) is 11.0. The lowest BCUT2D eigenvalue weighted by molar-refractivity contribution is -0.277. The molecule has 1 spiro atoms. The van der Waals surface area contributed by atoms with Crippen LogP contribution < -0.4 is 9.47 Å². The molecule has 242 valence electrons. The van der Waals surface area contributed by atoms with Gasteiger partial charge in [-0.25, -0.2) is 4.79 Å². The Morgan fingerprint density at radius 2 is 1.86 bits per heavy atom. The van der Waals surface area contributed by atoms with Crippen molar-refractivity contribution in [2.45, 2.75) is 69.0 Å². The number of hydrogen-bond donors (Lipinski definition) is 1. The molecular formula is C35H49NO8. The average molecular weight is 612 g/mol. The van der Waals surface area contributed by atoms with E-state index in [4.69, 9.17) is 28.4 Å². The van der Waals surface area contributed by atoms with E-state index in [0.29, 0.717) is 23.8 Å². The van der Waals surface area contributed by atoms with E-state index in [1.54, 1.807) is 27.4 Å². The van der Waals surface area contributed by atoms with Crippen molar-refractivity contribution in [2.75, 3.05) is 55.2 Å². The summed E-state index contributed by atoms with van der Waals surface area (Å²) in [6.07, 6.45) is 7.20. The predicted octanol–water partition coefficient (Wildman–Crippen LogP) is 3.81. The maximum Gasteiger partial charge on any atom is 0.331 e. The highest BCUT2D eigenvalue weighted by Crippen LogP contribution is 2.79. The summed E-state index contributed by atoms with van der Waals surface area (Å²) in [6.45, 7) is 4.92. The van der Waals surface area contributed by atoms with Gasteiger partial charge in [-0.1, -0.05) is 13.0 Å². The van der Waals surface area contributed by atoms with Gasteiger partial charge in [-0.15, -0.1) is 0 Å². The van der Waals surface area contributed by atoms with Crippen LogP contribution in [0.15, 0.2) is 24.3 Å². The first-order valence-electron chi connectivity index (χ1n) is 16.4. The molecular weight excluding hydrogens is 562 g/mol. The van der Waals surface area contributed by atoms with Crippen LogP contribution in [-0.2, 0) is 23.7 Å². The quantitative estimate of drug-likeness (QED) is 0.313. The number of carbonyl (C=O) groups excluding carboxylic acids is 1. The summed E-state index contributed by atoms with van der Waals surface area (Å²) in [7, 11) is 8.63. The van der Waals surface area contributed by atoms with Crippen molar-refractivity contribution in [2.24, 2.45) is 40.4 Å². The Morgan fingerprint density at radius 1 is 1.07 bits per heavy atom. The number of ether oxygens (including phenoxy) is 6. The van der Waals surface area contributed by atoms with Gasteiger partial charge in [0.15, 0.2) is 11.5 Å². The van der Waals surface area contributed by atoms with Gasteiger partial charge in [0.25, 0.3) is 0 Å². The highest BCUT2D eigenvalue weighted by molar-refractivity contribution is 5.87. The Hall–Kier alpha value is -2.17. The third kappa shape index (κ3) is 3.92. The van der Waals surface area contributed by atoms with E-state index in [-0.39, 0.29) is 52.8 Å². The van der Waals surface area contributed by atoms with E-state index in [1.807, 2.05) is 32.4 Å². The lowest BCUT2D eigenvalue weighted by Crippen LogP contribution is -2.76. The van der Waals surface area contributed by atoms with Crippen LogP contribution in [0.3, 0.4) is 0 Å². The number of piperidine rings is 1. The molecule has 44 heavy (non-hydrogen) atoms. The molecule has 5 saturated carbocycles. The van der Waals surface area contributed by atoms with Crippen LogP contribution in [0.4, 0.5) is 0 Å². The second-order valence-corrected chi connectivity index (χ2v) is 14.3. The Morgan fingerprint density at radius 3 is 2.55 bits per heavy atom. The van der Waals surface area contributed by atoms with Crippen molar-refractivity contribution >= 4 is 12.0 Å². The largest absolute Gasteiger partial charge is 0.493 e. The molecule has 1 heterocycles. The molecule has 5 aliphatic carbocycles. The van der Waals surface area contributed by atoms with Crippen LogP contribution in [0.25, 0.3) is 6.08 Å². The van der Waals surface area contributed by atoms with Gasteiger partial charge in [0.05, 0.1) is 38.6 Å². The molecule has 9 nitrogen and oxygen atoms in total. The Bertz CT molecular complexity index is 1300. The number of carbonyl (C=O) groups is 1. The summed E-state index contributed by atoms with van der Waals surface area (Å²) >= 11 is 0. The summed E-state index contributed by atoms with van der Waals surface area (Å²) in [5.41, 5.74) is -0.273. The van der Waals surface area contributed by atoms with Gasteiger partial charge in [-0.05, 0) is 67.8 Å². The molecule has 6 fully saturated rings. The topological polar surface area (TPSA) is 95.9 Å². The third-order valence-electron chi connectivity index (χ3n) is 13.2. The zero-order chi connectivity index (χ0) is 31.0. The molecule has 9 heteroatoms. The van der Waals surface area contributed by atoms with Gasteiger partial charge < -0.3 is 33.5 Å². The van der Waals surface area contributed by atoms with E-state index >= 15 is 0 Å². The maximum atomic E-state index is 13.5. The van der Waals surface area contributed by atoms with Crippen LogP contribution in [0.2, 0.25) is 0 Å². The molecule has 12 atom stereocenters. The zero-order valence-corrected chi connectivity index (χ0v) is 27.0. The van der Waals surface area contributed by atoms with E-state index in [0.717, 1.165) is 50.9 Å². The number of nitrogens with zero attached hydrogens (tertiary/aromatic N) is 1. The number of methoxy groups -OCH3 is 5. The van der Waals surface area contributed by atoms with Crippen molar-refractivity contribution in [1.29, 1.82) is 0 Å². The van der Waals surface area contributed by atoms with Crippen LogP contribution in [-0.4, -0.2) is 101 Å². The molecule has 0 radical (unpaired) electrons. The van der Waals surface area contributed by atoms with Crippen molar-refractivity contribution in [3.63, 3.8) is 0 Å². The highest BCUT2D eigenvalue weighted by Gasteiger charge is 2.84. The van der Waals surface area contributed by atoms with Gasteiger partial charge >= 0.3 is 5.97 Å². The predicted molar refractivity (Wildman–Crippen MR) is 163 cm³/mol. The minimum Gasteiger partial charge on any atom is -0.493 e. The lowest BCUT2D eigenvalue weighted by Gasteiger charge is -2.69. The smallest absolute Gasteiger partial charge is 0.331 e. The van der Waals surface area contributed by atoms with Crippen LogP contribution in [0, 0.1) is 40.4 Å². The number of benzene rings is 1. The fourth-order valence-electron chi connectivity index (χ4n) is 12.1. The summed E-state index contributed by atoms with van der Waals surface area (Å²) < 4.78 is 35.7. The first-order chi connectivity index (χ1) is 21.3. The molecule has 7 bridgehead atoms. The minimum absolute atomic E-state index is 0.0227. The van der Waals surface area contributed by atoms with Crippen LogP contribution in [0.1, 0.15) is 44.6 Å². The summed E-state index contributed by atoms with van der Waals surface area (Å²) in [5.74, 6) is 1.30. The van der Waals surface area contributed by atoms with Crippen molar-refractivity contribution in [3.8, 4) is 11.5 Å². The normalized spacial score (nSPS) is 45.0. The van der Waals surface area contributed by atoms with E-state index in [1.165, 1.54) is 6.08 Å². The molecule has 1 aromatic carbocycles. The van der Waals surface area contributed by atoms with E-state index in [9.17, 15) is 9.90 Å². The highest BCUT2D eigenvalue weighted by atomic mass is 16.6. The SMILES string of the molecule is CCN1CC2(COC)CCC(OC)C34C5CC6C(OC)CC(O)(C(CC23)C14)C5C6OC(=O)C=Cc1ccc(OC)c(OC)c1. The second-order valence-electron chi connectivity index (χ2n) is 14.3. The van der Waals surface area contributed by atoms with Crippen LogP contribution in [0.5, 0.6) is 11.5 Å². The van der Waals surface area contributed by atoms with E-state index < -0.39 is 17.7 Å². The number of hydrogen-bond acceptors (Lipinski definition) is 9. The molecule has 12 unspecified atom stereocenters. The summed E-state index contributed by atoms with van der Waals surface area (Å²) in [4.78, 5) is 16.2. The van der Waals surface area contributed by atoms with Crippen molar-refractivity contribution < 1.29 is 38.3 Å². The maximum absolute atomic E-state index is 13.5. The molecule has 7 rings (SSSR count). The Kier molecular flexibility index (Phi) is 7.60. The number of aliphatic hydroxyl groups is 1. The Labute approximate surface area is 261 Å². The molecule has 0 aromatic heterocycles. The molecule has 1 N–H and O–H groups in total. The van der Waals surface area contributed by atoms with E-state index in [2.05, 4.69) is 11.8 Å². The van der Waals surface area contributed by atoms with Gasteiger partial charge in [0.1, 0.15) is 6.10 Å². The number of fused-ring (bicyclic) bond motifs is 2. The van der Waals surface area contributed by atoms with Crippen molar-refractivity contribution in [1.82, 2.24) is 4.90 Å². The third-order valence-corrected chi connectivity index (χ3v) is 13.2. The molecule has 1 saturated heterocycles. The molecule has 1 aliphatic heterocycles. The standard InChI is InChI=1S/C35H49NO8/c1-7-36-18-33(19-39-2)13-12-28(43-6)35-22-15-21-26(42-5)17-34(38,23(32(35)36)16-27(33)35)30(22)31(21)44-29(37)11-9-20-8-10-24(40-3)25(14-20)41-4/h8-11,14,21-23,26-28,30-32,38H,7,12-13,15-19H2,1-6H3. The number of rotatable bonds is 10. The van der Waals surface area contributed by atoms with Crippen LogP contribution >= 0.6 is 0 Å². The minimum atomic E-state index is -0.988. The fraction of sp³-hybridized carbons (Fsp3) is 0.743. The summed E-state index contributed by atoms with van der Waals surface area (Å²) in [6, 6.07) is 5.75. The number of esters is 1. The van der Waals surface area contributed by atoms with Gasteiger partial charge in [0.2, 0.25) is 0 Å². The number of likely N-dealkylation sites (tertiary alicyclic amines) is 1.